The van der Waals surface area contributed by atoms with Gasteiger partial charge in [-0.1, -0.05) is 0 Å². The van der Waals surface area contributed by atoms with Crippen LogP contribution in [0.3, 0.4) is 0 Å². The lowest BCUT2D eigenvalue weighted by atomic mass is 10.4. The van der Waals surface area contributed by atoms with Crippen molar-refractivity contribution in [3.63, 3.8) is 0 Å². The Labute approximate surface area is 113 Å². The molecule has 0 unspecified atom stereocenters. The van der Waals surface area contributed by atoms with Crippen molar-refractivity contribution < 1.29 is 4.74 Å². The summed E-state index contributed by atoms with van der Waals surface area (Å²) in [5, 5.41) is 14.7. The van der Waals surface area contributed by atoms with Crippen molar-refractivity contribution >= 4 is 15.9 Å². The molecule has 1 aliphatic rings. The minimum absolute atomic E-state index is 0.717. The lowest BCUT2D eigenvalue weighted by Crippen LogP contribution is -2.15. The van der Waals surface area contributed by atoms with E-state index in [1.165, 1.54) is 0 Å². The molecular formula is C11H14BrN5O. The van der Waals surface area contributed by atoms with Gasteiger partial charge in [-0.3, -0.25) is 5.10 Å². The van der Waals surface area contributed by atoms with Crippen LogP contribution in [-0.4, -0.2) is 26.6 Å². The van der Waals surface area contributed by atoms with Gasteiger partial charge in [-0.2, -0.15) is 10.2 Å². The van der Waals surface area contributed by atoms with Crippen molar-refractivity contribution in [3.05, 3.63) is 28.1 Å². The van der Waals surface area contributed by atoms with Crippen molar-refractivity contribution in [1.29, 1.82) is 0 Å². The van der Waals surface area contributed by atoms with Crippen LogP contribution in [0, 0.1) is 0 Å². The summed E-state index contributed by atoms with van der Waals surface area (Å²) in [6.07, 6.45) is 2.78. The number of aromatic amines is 1. The van der Waals surface area contributed by atoms with Crippen LogP contribution in [0.2, 0.25) is 0 Å². The quantitative estimate of drug-likeness (QED) is 0.896. The molecule has 0 saturated heterocycles. The maximum absolute atomic E-state index is 5.52. The molecule has 3 rings (SSSR count). The predicted octanol–water partition coefficient (Wildman–Crippen LogP) is 1.44. The lowest BCUT2D eigenvalue weighted by Gasteiger charge is -2.13. The summed E-state index contributed by atoms with van der Waals surface area (Å²) in [5.41, 5.74) is 2.04. The first-order valence-corrected chi connectivity index (χ1v) is 6.70. The first-order valence-electron chi connectivity index (χ1n) is 5.91. The lowest BCUT2D eigenvalue weighted by molar-refractivity contribution is 0.230. The highest BCUT2D eigenvalue weighted by atomic mass is 79.9. The van der Waals surface area contributed by atoms with E-state index >= 15 is 0 Å². The van der Waals surface area contributed by atoms with Crippen molar-refractivity contribution in [2.24, 2.45) is 0 Å². The SMILES string of the molecule is Brc1cn[nH]c1CNCc1cc2n(n1)CCCO2. The number of rotatable bonds is 4. The van der Waals surface area contributed by atoms with Gasteiger partial charge in [0.2, 0.25) is 5.88 Å². The van der Waals surface area contributed by atoms with Crippen LogP contribution in [0.4, 0.5) is 0 Å². The average molecular weight is 312 g/mol. The van der Waals surface area contributed by atoms with Crippen LogP contribution in [-0.2, 0) is 19.6 Å². The molecule has 0 saturated carbocycles. The number of ether oxygens (including phenoxy) is 1. The molecule has 7 heteroatoms. The van der Waals surface area contributed by atoms with Crippen LogP contribution >= 0.6 is 15.9 Å². The highest BCUT2D eigenvalue weighted by Crippen LogP contribution is 2.18. The molecule has 1 aliphatic heterocycles. The number of halogens is 1. The monoisotopic (exact) mass is 311 g/mol. The number of fused-ring (bicyclic) bond motifs is 1. The Morgan fingerprint density at radius 3 is 3.22 bits per heavy atom. The van der Waals surface area contributed by atoms with E-state index in [-0.39, 0.29) is 0 Å². The summed E-state index contributed by atoms with van der Waals surface area (Å²) in [4.78, 5) is 0. The van der Waals surface area contributed by atoms with E-state index in [4.69, 9.17) is 4.74 Å². The van der Waals surface area contributed by atoms with Crippen LogP contribution in [0.1, 0.15) is 17.8 Å². The van der Waals surface area contributed by atoms with Gasteiger partial charge < -0.3 is 10.1 Å². The molecule has 2 aromatic rings. The van der Waals surface area contributed by atoms with Crippen LogP contribution < -0.4 is 10.1 Å². The summed E-state index contributed by atoms with van der Waals surface area (Å²) in [5.74, 6) is 0.876. The maximum Gasteiger partial charge on any atom is 0.212 e. The van der Waals surface area contributed by atoms with E-state index in [1.807, 2.05) is 10.7 Å². The molecule has 0 bridgehead atoms. The Hall–Kier alpha value is -1.34. The maximum atomic E-state index is 5.52. The van der Waals surface area contributed by atoms with Gasteiger partial charge in [0.25, 0.3) is 0 Å². The second kappa shape index (κ2) is 5.11. The van der Waals surface area contributed by atoms with Crippen molar-refractivity contribution in [1.82, 2.24) is 25.3 Å². The first kappa shape index (κ1) is 11.7. The fourth-order valence-electron chi connectivity index (χ4n) is 1.94. The number of aromatic nitrogens is 4. The fraction of sp³-hybridized carbons (Fsp3) is 0.455. The van der Waals surface area contributed by atoms with Gasteiger partial charge in [0.1, 0.15) is 0 Å². The first-order chi connectivity index (χ1) is 8.83. The molecule has 3 heterocycles. The van der Waals surface area contributed by atoms with Gasteiger partial charge in [-0.15, -0.1) is 0 Å². The summed E-state index contributed by atoms with van der Waals surface area (Å²) in [7, 11) is 0. The van der Waals surface area contributed by atoms with Gasteiger partial charge >= 0.3 is 0 Å². The number of hydrogen-bond acceptors (Lipinski definition) is 4. The molecule has 96 valence electrons. The standard InChI is InChI=1S/C11H14BrN5O/c12-9-6-14-15-10(9)7-13-5-8-4-11-17(16-8)2-1-3-18-11/h4,6,13H,1-3,5,7H2,(H,14,15). The zero-order valence-electron chi connectivity index (χ0n) is 9.82. The van der Waals surface area contributed by atoms with E-state index in [0.717, 1.165) is 54.4 Å². The van der Waals surface area contributed by atoms with Gasteiger partial charge in [0.15, 0.2) is 0 Å². The molecule has 0 amide bonds. The summed E-state index contributed by atoms with van der Waals surface area (Å²) < 4.78 is 8.44. The Balaban J connectivity index is 1.57. The molecule has 2 N–H and O–H groups in total. The number of nitrogens with one attached hydrogen (secondary N) is 2. The molecule has 0 atom stereocenters. The number of hydrogen-bond donors (Lipinski definition) is 2. The summed E-state index contributed by atoms with van der Waals surface area (Å²) in [6, 6.07) is 1.99. The second-order valence-electron chi connectivity index (χ2n) is 4.20. The molecule has 6 nitrogen and oxygen atoms in total. The van der Waals surface area contributed by atoms with Crippen molar-refractivity contribution in [3.8, 4) is 5.88 Å². The summed E-state index contributed by atoms with van der Waals surface area (Å²) >= 11 is 3.43. The topological polar surface area (TPSA) is 67.8 Å². The van der Waals surface area contributed by atoms with Gasteiger partial charge in [-0.05, 0) is 15.9 Å². The third-order valence-electron chi connectivity index (χ3n) is 2.83. The Morgan fingerprint density at radius 1 is 1.50 bits per heavy atom. The smallest absolute Gasteiger partial charge is 0.212 e. The minimum Gasteiger partial charge on any atom is -0.478 e. The predicted molar refractivity (Wildman–Crippen MR) is 69.2 cm³/mol. The van der Waals surface area contributed by atoms with Gasteiger partial charge in [0, 0.05) is 32.1 Å². The van der Waals surface area contributed by atoms with E-state index in [0.29, 0.717) is 0 Å². The third-order valence-corrected chi connectivity index (χ3v) is 3.51. The largest absolute Gasteiger partial charge is 0.478 e. The Morgan fingerprint density at radius 2 is 2.44 bits per heavy atom. The van der Waals surface area contributed by atoms with E-state index < -0.39 is 0 Å². The van der Waals surface area contributed by atoms with Gasteiger partial charge in [0.05, 0.1) is 28.7 Å². The molecule has 2 aromatic heterocycles. The zero-order valence-corrected chi connectivity index (χ0v) is 11.4. The second-order valence-corrected chi connectivity index (χ2v) is 5.05. The normalized spacial score (nSPS) is 14.3. The van der Waals surface area contributed by atoms with Crippen LogP contribution in [0.15, 0.2) is 16.7 Å². The van der Waals surface area contributed by atoms with E-state index in [1.54, 1.807) is 6.20 Å². The number of H-pyrrole nitrogens is 1. The molecule has 0 aromatic carbocycles. The number of aryl methyl sites for hydroxylation is 1. The molecule has 0 aliphatic carbocycles. The highest BCUT2D eigenvalue weighted by molar-refractivity contribution is 9.10. The number of nitrogens with zero attached hydrogens (tertiary/aromatic N) is 3. The minimum atomic E-state index is 0.717. The molecule has 18 heavy (non-hydrogen) atoms. The zero-order chi connectivity index (χ0) is 12.4. The molecule has 0 radical (unpaired) electrons. The van der Waals surface area contributed by atoms with Crippen LogP contribution in [0.5, 0.6) is 5.88 Å². The Kier molecular flexibility index (Phi) is 3.33. The van der Waals surface area contributed by atoms with Crippen molar-refractivity contribution in [2.45, 2.75) is 26.1 Å². The van der Waals surface area contributed by atoms with Crippen molar-refractivity contribution in [2.75, 3.05) is 6.61 Å². The highest BCUT2D eigenvalue weighted by Gasteiger charge is 2.12. The third kappa shape index (κ3) is 2.41. The summed E-state index contributed by atoms with van der Waals surface area (Å²) in [6.45, 7) is 3.18. The molecule has 0 fully saturated rings. The Bertz CT molecular complexity index is 512. The average Bonchev–Trinajstić information content (AvgIpc) is 2.96. The molecule has 0 spiro atoms. The van der Waals surface area contributed by atoms with E-state index in [9.17, 15) is 0 Å². The van der Waals surface area contributed by atoms with E-state index in [2.05, 4.69) is 36.5 Å². The fourth-order valence-corrected chi connectivity index (χ4v) is 2.27. The molecular weight excluding hydrogens is 298 g/mol. The van der Waals surface area contributed by atoms with Gasteiger partial charge in [-0.25, -0.2) is 4.68 Å². The van der Waals surface area contributed by atoms with Crippen LogP contribution in [0.25, 0.3) is 0 Å².